The van der Waals surface area contributed by atoms with E-state index in [4.69, 9.17) is 5.11 Å². The number of carbonyl (C=O) groups excluding carboxylic acids is 1. The quantitative estimate of drug-likeness (QED) is 0.755. The first-order valence-electron chi connectivity index (χ1n) is 6.72. The molecule has 0 aliphatic carbocycles. The number of unbranched alkanes of at least 4 members (excludes halogenated alkanes) is 1. The number of nitrogens with one attached hydrogen (secondary N) is 1. The average Bonchev–Trinajstić information content (AvgIpc) is 2.41. The van der Waals surface area contributed by atoms with Crippen molar-refractivity contribution >= 4 is 29.3 Å². The van der Waals surface area contributed by atoms with E-state index in [9.17, 15) is 9.59 Å². The summed E-state index contributed by atoms with van der Waals surface area (Å²) in [6.45, 7) is 5.83. The van der Waals surface area contributed by atoms with E-state index in [1.54, 1.807) is 17.8 Å². The highest BCUT2D eigenvalue weighted by Gasteiger charge is 2.15. The predicted molar refractivity (Wildman–Crippen MR) is 83.6 cm³/mol. The third kappa shape index (κ3) is 4.89. The number of benzene rings is 1. The van der Waals surface area contributed by atoms with E-state index in [1.807, 2.05) is 13.8 Å². The fraction of sp³-hybridized carbons (Fsp3) is 0.467. The summed E-state index contributed by atoms with van der Waals surface area (Å²) in [5.74, 6) is -0.123. The Morgan fingerprint density at radius 1 is 1.40 bits per heavy atom. The number of hydrogen-bond acceptors (Lipinski definition) is 3. The minimum atomic E-state index is -0.995. The van der Waals surface area contributed by atoms with Crippen LogP contribution in [0.25, 0.3) is 0 Å². The van der Waals surface area contributed by atoms with Gasteiger partial charge in [0.1, 0.15) is 0 Å². The van der Waals surface area contributed by atoms with Crippen molar-refractivity contribution < 1.29 is 14.7 Å². The molecule has 1 rings (SSSR count). The number of carboxylic acid groups (broad SMARTS) is 1. The lowest BCUT2D eigenvalue weighted by Crippen LogP contribution is -2.23. The van der Waals surface area contributed by atoms with Crippen molar-refractivity contribution in [3.63, 3.8) is 0 Å². The first-order chi connectivity index (χ1) is 9.45. The van der Waals surface area contributed by atoms with Crippen molar-refractivity contribution in [2.45, 2.75) is 38.9 Å². The van der Waals surface area contributed by atoms with Crippen molar-refractivity contribution in [1.29, 1.82) is 0 Å². The minimum absolute atomic E-state index is 0.0864. The third-order valence-corrected chi connectivity index (χ3v) is 4.22. The fourth-order valence-corrected chi connectivity index (χ4v) is 2.62. The van der Waals surface area contributed by atoms with Crippen LogP contribution in [0.3, 0.4) is 0 Å². The summed E-state index contributed by atoms with van der Waals surface area (Å²) in [5, 5.41) is 11.6. The molecule has 0 aliphatic rings. The number of aromatic carboxylic acids is 1. The standard InChI is InChI=1S/C15H21NO3S/c1-4-5-8-20-11(3)14(17)16-13-9-12(15(18)19)7-6-10(13)2/h6-7,9,11H,4-5,8H2,1-3H3,(H,16,17)(H,18,19). The van der Waals surface area contributed by atoms with E-state index in [0.29, 0.717) is 5.69 Å². The smallest absolute Gasteiger partial charge is 0.335 e. The minimum Gasteiger partial charge on any atom is -0.478 e. The van der Waals surface area contributed by atoms with Gasteiger partial charge in [0.05, 0.1) is 10.8 Å². The van der Waals surface area contributed by atoms with Gasteiger partial charge in [-0.3, -0.25) is 4.79 Å². The lowest BCUT2D eigenvalue weighted by atomic mass is 10.1. The molecule has 0 heterocycles. The molecule has 4 nitrogen and oxygen atoms in total. The van der Waals surface area contributed by atoms with E-state index in [0.717, 1.165) is 24.2 Å². The molecule has 0 fully saturated rings. The number of rotatable bonds is 7. The van der Waals surface area contributed by atoms with E-state index in [-0.39, 0.29) is 16.7 Å². The third-order valence-electron chi connectivity index (χ3n) is 2.98. The second-order valence-corrected chi connectivity index (χ2v) is 6.14. The molecule has 0 aliphatic heterocycles. The van der Waals surface area contributed by atoms with Crippen LogP contribution in [-0.2, 0) is 4.79 Å². The van der Waals surface area contributed by atoms with Crippen molar-refractivity contribution in [1.82, 2.24) is 0 Å². The molecule has 0 aromatic heterocycles. The zero-order chi connectivity index (χ0) is 15.1. The zero-order valence-electron chi connectivity index (χ0n) is 12.1. The summed E-state index contributed by atoms with van der Waals surface area (Å²) < 4.78 is 0. The van der Waals surface area contributed by atoms with Gasteiger partial charge < -0.3 is 10.4 Å². The number of amides is 1. The molecule has 5 heteroatoms. The molecule has 0 bridgehead atoms. The molecule has 0 radical (unpaired) electrons. The van der Waals surface area contributed by atoms with Crippen molar-refractivity contribution in [3.05, 3.63) is 29.3 Å². The molecule has 1 aromatic rings. The molecular formula is C15H21NO3S. The van der Waals surface area contributed by atoms with E-state index in [2.05, 4.69) is 12.2 Å². The molecule has 0 spiro atoms. The average molecular weight is 295 g/mol. The maximum atomic E-state index is 12.1. The molecule has 1 unspecified atom stereocenters. The van der Waals surface area contributed by atoms with Crippen LogP contribution >= 0.6 is 11.8 Å². The highest BCUT2D eigenvalue weighted by molar-refractivity contribution is 8.00. The van der Waals surface area contributed by atoms with Gasteiger partial charge in [-0.15, -0.1) is 11.8 Å². The van der Waals surface area contributed by atoms with Gasteiger partial charge in [0, 0.05) is 5.69 Å². The lowest BCUT2D eigenvalue weighted by Gasteiger charge is -2.14. The summed E-state index contributed by atoms with van der Waals surface area (Å²) in [4.78, 5) is 23.0. The predicted octanol–water partition coefficient (Wildman–Crippen LogP) is 3.55. The topological polar surface area (TPSA) is 66.4 Å². The highest BCUT2D eigenvalue weighted by atomic mass is 32.2. The molecule has 20 heavy (non-hydrogen) atoms. The normalized spacial score (nSPS) is 11.9. The number of aryl methyl sites for hydroxylation is 1. The number of thioether (sulfide) groups is 1. The molecule has 1 amide bonds. The van der Waals surface area contributed by atoms with Crippen molar-refractivity contribution in [3.8, 4) is 0 Å². The lowest BCUT2D eigenvalue weighted by molar-refractivity contribution is -0.115. The maximum Gasteiger partial charge on any atom is 0.335 e. The van der Waals surface area contributed by atoms with Gasteiger partial charge in [0.15, 0.2) is 0 Å². The summed E-state index contributed by atoms with van der Waals surface area (Å²) in [6.07, 6.45) is 2.21. The van der Waals surface area contributed by atoms with Gasteiger partial charge in [0.2, 0.25) is 5.91 Å². The molecule has 0 saturated carbocycles. The van der Waals surface area contributed by atoms with Crippen LogP contribution in [0.15, 0.2) is 18.2 Å². The van der Waals surface area contributed by atoms with E-state index < -0.39 is 5.97 Å². The summed E-state index contributed by atoms with van der Waals surface area (Å²) in [7, 11) is 0. The zero-order valence-corrected chi connectivity index (χ0v) is 12.9. The Kier molecular flexibility index (Phi) is 6.58. The second kappa shape index (κ2) is 7.94. The number of carboxylic acids is 1. The van der Waals surface area contributed by atoms with E-state index >= 15 is 0 Å². The Hall–Kier alpha value is -1.49. The number of hydrogen-bond donors (Lipinski definition) is 2. The first kappa shape index (κ1) is 16.6. The van der Waals surface area contributed by atoms with Crippen LogP contribution < -0.4 is 5.32 Å². The van der Waals surface area contributed by atoms with Gasteiger partial charge in [-0.25, -0.2) is 4.79 Å². The van der Waals surface area contributed by atoms with Gasteiger partial charge >= 0.3 is 5.97 Å². The molecule has 2 N–H and O–H groups in total. The Morgan fingerprint density at radius 2 is 2.10 bits per heavy atom. The summed E-state index contributed by atoms with van der Waals surface area (Å²) in [6, 6.07) is 4.74. The van der Waals surface area contributed by atoms with E-state index in [1.165, 1.54) is 12.1 Å². The largest absolute Gasteiger partial charge is 0.478 e. The van der Waals surface area contributed by atoms with Crippen molar-refractivity contribution in [2.24, 2.45) is 0 Å². The van der Waals surface area contributed by atoms with Crippen LogP contribution in [0.1, 0.15) is 42.6 Å². The molecule has 110 valence electrons. The fourth-order valence-electron chi connectivity index (χ4n) is 1.60. The maximum absolute atomic E-state index is 12.1. The van der Waals surface area contributed by atoms with Gasteiger partial charge in [-0.2, -0.15) is 0 Å². The van der Waals surface area contributed by atoms with Gasteiger partial charge in [-0.1, -0.05) is 19.4 Å². The number of carbonyl (C=O) groups is 2. The molecular weight excluding hydrogens is 274 g/mol. The van der Waals surface area contributed by atoms with Crippen LogP contribution in [-0.4, -0.2) is 28.0 Å². The van der Waals surface area contributed by atoms with Crippen molar-refractivity contribution in [2.75, 3.05) is 11.1 Å². The Morgan fingerprint density at radius 3 is 2.70 bits per heavy atom. The molecule has 1 aromatic carbocycles. The van der Waals surface area contributed by atoms with Crippen LogP contribution in [0, 0.1) is 6.92 Å². The van der Waals surface area contributed by atoms with Crippen LogP contribution in [0.2, 0.25) is 0 Å². The van der Waals surface area contributed by atoms with Crippen LogP contribution in [0.4, 0.5) is 5.69 Å². The second-order valence-electron chi connectivity index (χ2n) is 4.69. The summed E-state index contributed by atoms with van der Waals surface area (Å²) in [5.41, 5.74) is 1.60. The Labute approximate surface area is 124 Å². The number of anilines is 1. The van der Waals surface area contributed by atoms with Crippen LogP contribution in [0.5, 0.6) is 0 Å². The molecule has 0 saturated heterocycles. The SMILES string of the molecule is CCCCSC(C)C(=O)Nc1cc(C(=O)O)ccc1C. The highest BCUT2D eigenvalue weighted by Crippen LogP contribution is 2.20. The summed E-state index contributed by atoms with van der Waals surface area (Å²) >= 11 is 1.62. The van der Waals surface area contributed by atoms with Gasteiger partial charge in [0.25, 0.3) is 0 Å². The van der Waals surface area contributed by atoms with Gasteiger partial charge in [-0.05, 0) is 43.7 Å². The Bertz CT molecular complexity index is 488. The first-order valence-corrected chi connectivity index (χ1v) is 7.77. The molecule has 1 atom stereocenters. The monoisotopic (exact) mass is 295 g/mol. The Balaban J connectivity index is 2.69.